The summed E-state index contributed by atoms with van der Waals surface area (Å²) in [5.41, 5.74) is 0. The van der Waals surface area contributed by atoms with Crippen LogP contribution < -0.4 is 10.1 Å². The van der Waals surface area contributed by atoms with Crippen molar-refractivity contribution in [3.63, 3.8) is 0 Å². The van der Waals surface area contributed by atoms with Crippen molar-refractivity contribution in [2.24, 2.45) is 11.8 Å². The van der Waals surface area contributed by atoms with E-state index in [9.17, 15) is 14.0 Å². The Hall–Kier alpha value is -2.31. The van der Waals surface area contributed by atoms with Gasteiger partial charge in [-0.05, 0) is 43.5 Å². The molecule has 2 amide bonds. The Morgan fingerprint density at radius 2 is 2.04 bits per heavy atom. The quantitative estimate of drug-likeness (QED) is 0.864. The second kappa shape index (κ2) is 7.99. The summed E-state index contributed by atoms with van der Waals surface area (Å²) in [4.78, 5) is 24.9. The molecule has 0 bridgehead atoms. The molecule has 0 aliphatic carbocycles. The maximum atomic E-state index is 12.8. The van der Waals surface area contributed by atoms with E-state index >= 15 is 0 Å². The summed E-state index contributed by atoms with van der Waals surface area (Å²) < 4.78 is 18.4. The molecule has 1 aliphatic rings. The molecular formula is C17H23FN2O4. The molecule has 2 rings (SSSR count). The molecule has 7 heteroatoms. The second-order valence-corrected chi connectivity index (χ2v) is 6.35. The van der Waals surface area contributed by atoms with Crippen LogP contribution in [0.25, 0.3) is 0 Å². The third-order valence-electron chi connectivity index (χ3n) is 3.99. The predicted molar refractivity (Wildman–Crippen MR) is 86.4 cm³/mol. The molecule has 0 saturated carbocycles. The SMILES string of the molecule is CC1CC(C(=O)O)CN(C(=O)NCC(C)Oc2ccc(F)cc2)C1. The third kappa shape index (κ3) is 5.11. The summed E-state index contributed by atoms with van der Waals surface area (Å²) in [5.74, 6) is -1.05. The van der Waals surface area contributed by atoms with E-state index in [4.69, 9.17) is 9.84 Å². The number of hydrogen-bond acceptors (Lipinski definition) is 3. The number of halogens is 1. The van der Waals surface area contributed by atoms with E-state index in [1.165, 1.54) is 29.2 Å². The van der Waals surface area contributed by atoms with Crippen LogP contribution in [0.3, 0.4) is 0 Å². The number of urea groups is 1. The molecule has 0 aromatic heterocycles. The van der Waals surface area contributed by atoms with E-state index < -0.39 is 11.9 Å². The number of hydrogen-bond donors (Lipinski definition) is 2. The molecule has 3 unspecified atom stereocenters. The topological polar surface area (TPSA) is 78.9 Å². The summed E-state index contributed by atoms with van der Waals surface area (Å²) >= 11 is 0. The number of likely N-dealkylation sites (tertiary alicyclic amines) is 1. The summed E-state index contributed by atoms with van der Waals surface area (Å²) in [6.07, 6.45) is 0.292. The maximum absolute atomic E-state index is 12.8. The molecule has 1 aromatic carbocycles. The van der Waals surface area contributed by atoms with Crippen LogP contribution >= 0.6 is 0 Å². The van der Waals surface area contributed by atoms with Crippen LogP contribution in [0.2, 0.25) is 0 Å². The van der Waals surface area contributed by atoms with E-state index in [1.54, 1.807) is 6.92 Å². The summed E-state index contributed by atoms with van der Waals surface area (Å²) in [7, 11) is 0. The van der Waals surface area contributed by atoms with Crippen LogP contribution in [0.15, 0.2) is 24.3 Å². The summed E-state index contributed by atoms with van der Waals surface area (Å²) in [6, 6.07) is 5.38. The first-order chi connectivity index (χ1) is 11.3. The molecule has 1 heterocycles. The van der Waals surface area contributed by atoms with Crippen LogP contribution in [-0.4, -0.2) is 47.7 Å². The van der Waals surface area contributed by atoms with Crippen molar-refractivity contribution in [3.05, 3.63) is 30.1 Å². The van der Waals surface area contributed by atoms with Gasteiger partial charge in [-0.25, -0.2) is 9.18 Å². The van der Waals surface area contributed by atoms with Crippen molar-refractivity contribution in [1.82, 2.24) is 10.2 Å². The Labute approximate surface area is 140 Å². The number of nitrogens with one attached hydrogen (secondary N) is 1. The minimum absolute atomic E-state index is 0.151. The van der Waals surface area contributed by atoms with Crippen molar-refractivity contribution in [3.8, 4) is 5.75 Å². The first kappa shape index (κ1) is 18.0. The lowest BCUT2D eigenvalue weighted by molar-refractivity contribution is -0.143. The highest BCUT2D eigenvalue weighted by molar-refractivity contribution is 5.76. The van der Waals surface area contributed by atoms with Crippen LogP contribution in [0.5, 0.6) is 5.75 Å². The van der Waals surface area contributed by atoms with Gasteiger partial charge in [-0.2, -0.15) is 0 Å². The predicted octanol–water partition coefficient (Wildman–Crippen LogP) is 2.35. The van der Waals surface area contributed by atoms with E-state index in [0.717, 1.165) is 0 Å². The Morgan fingerprint density at radius 3 is 2.67 bits per heavy atom. The number of nitrogens with zero attached hydrogens (tertiary/aromatic N) is 1. The number of rotatable bonds is 5. The van der Waals surface area contributed by atoms with Gasteiger partial charge >= 0.3 is 12.0 Å². The summed E-state index contributed by atoms with van der Waals surface area (Å²) in [5, 5.41) is 11.9. The number of aliphatic carboxylic acids is 1. The maximum Gasteiger partial charge on any atom is 0.317 e. The monoisotopic (exact) mass is 338 g/mol. The van der Waals surface area contributed by atoms with Gasteiger partial charge in [0.1, 0.15) is 17.7 Å². The number of carboxylic acids is 1. The third-order valence-corrected chi connectivity index (χ3v) is 3.99. The highest BCUT2D eigenvalue weighted by Crippen LogP contribution is 2.21. The standard InChI is InChI=1S/C17H23FN2O4/c1-11-7-13(16(21)22)10-20(9-11)17(23)19-8-12(2)24-15-5-3-14(18)4-6-15/h3-6,11-13H,7-10H2,1-2H3,(H,19,23)(H,21,22). The van der Waals surface area contributed by atoms with Gasteiger partial charge in [0.15, 0.2) is 0 Å². The molecule has 24 heavy (non-hydrogen) atoms. The zero-order chi connectivity index (χ0) is 17.7. The Balaban J connectivity index is 1.81. The molecule has 0 spiro atoms. The Bertz CT molecular complexity index is 578. The van der Waals surface area contributed by atoms with E-state index in [2.05, 4.69) is 5.32 Å². The van der Waals surface area contributed by atoms with Crippen molar-refractivity contribution in [2.45, 2.75) is 26.4 Å². The number of carboxylic acid groups (broad SMARTS) is 1. The Morgan fingerprint density at radius 1 is 1.38 bits per heavy atom. The van der Waals surface area contributed by atoms with E-state index in [-0.39, 0.29) is 37.0 Å². The number of amides is 2. The van der Waals surface area contributed by atoms with Gasteiger partial charge in [0, 0.05) is 13.1 Å². The van der Waals surface area contributed by atoms with E-state index in [1.807, 2.05) is 6.92 Å². The average molecular weight is 338 g/mol. The molecule has 0 radical (unpaired) electrons. The minimum Gasteiger partial charge on any atom is -0.489 e. The highest BCUT2D eigenvalue weighted by Gasteiger charge is 2.31. The molecule has 6 nitrogen and oxygen atoms in total. The molecule has 1 fully saturated rings. The first-order valence-corrected chi connectivity index (χ1v) is 8.03. The normalized spacial score (nSPS) is 21.9. The smallest absolute Gasteiger partial charge is 0.317 e. The number of carbonyl (C=O) groups excluding carboxylic acids is 1. The fourth-order valence-corrected chi connectivity index (χ4v) is 2.83. The van der Waals surface area contributed by atoms with Gasteiger partial charge in [0.2, 0.25) is 0 Å². The molecule has 2 N–H and O–H groups in total. The van der Waals surface area contributed by atoms with Crippen LogP contribution in [0.1, 0.15) is 20.3 Å². The fourth-order valence-electron chi connectivity index (χ4n) is 2.83. The minimum atomic E-state index is -0.868. The zero-order valence-corrected chi connectivity index (χ0v) is 13.9. The highest BCUT2D eigenvalue weighted by atomic mass is 19.1. The van der Waals surface area contributed by atoms with Crippen molar-refractivity contribution in [1.29, 1.82) is 0 Å². The molecule has 1 saturated heterocycles. The molecular weight excluding hydrogens is 315 g/mol. The molecule has 132 valence electrons. The summed E-state index contributed by atoms with van der Waals surface area (Å²) in [6.45, 7) is 4.78. The number of benzene rings is 1. The van der Waals surface area contributed by atoms with Gasteiger partial charge < -0.3 is 20.1 Å². The van der Waals surface area contributed by atoms with Gasteiger partial charge in [0.05, 0.1) is 12.5 Å². The number of carbonyl (C=O) groups is 2. The molecule has 1 aliphatic heterocycles. The lowest BCUT2D eigenvalue weighted by atomic mass is 9.91. The average Bonchev–Trinajstić information content (AvgIpc) is 2.54. The van der Waals surface area contributed by atoms with Gasteiger partial charge in [0.25, 0.3) is 0 Å². The molecule has 3 atom stereocenters. The van der Waals surface area contributed by atoms with Gasteiger partial charge in [-0.3, -0.25) is 4.79 Å². The van der Waals surface area contributed by atoms with E-state index in [0.29, 0.717) is 18.7 Å². The second-order valence-electron chi connectivity index (χ2n) is 6.35. The first-order valence-electron chi connectivity index (χ1n) is 8.03. The van der Waals surface area contributed by atoms with Crippen molar-refractivity contribution < 1.29 is 23.8 Å². The largest absolute Gasteiger partial charge is 0.489 e. The lowest BCUT2D eigenvalue weighted by Gasteiger charge is -2.34. The van der Waals surface area contributed by atoms with Crippen LogP contribution in [0, 0.1) is 17.7 Å². The van der Waals surface area contributed by atoms with Crippen LogP contribution in [-0.2, 0) is 4.79 Å². The fraction of sp³-hybridized carbons (Fsp3) is 0.529. The van der Waals surface area contributed by atoms with Gasteiger partial charge in [-0.15, -0.1) is 0 Å². The Kier molecular flexibility index (Phi) is 6.00. The van der Waals surface area contributed by atoms with Crippen molar-refractivity contribution >= 4 is 12.0 Å². The lowest BCUT2D eigenvalue weighted by Crippen LogP contribution is -2.50. The van der Waals surface area contributed by atoms with Gasteiger partial charge in [-0.1, -0.05) is 6.92 Å². The number of piperidine rings is 1. The number of ether oxygens (including phenoxy) is 1. The van der Waals surface area contributed by atoms with Crippen LogP contribution in [0.4, 0.5) is 9.18 Å². The molecule has 1 aromatic rings. The van der Waals surface area contributed by atoms with Crippen molar-refractivity contribution in [2.75, 3.05) is 19.6 Å². The zero-order valence-electron chi connectivity index (χ0n) is 13.9.